The number of nitrogens with zero attached hydrogens (tertiary/aromatic N) is 1. The van der Waals surface area contributed by atoms with Crippen molar-refractivity contribution in [2.24, 2.45) is 5.92 Å². The highest BCUT2D eigenvalue weighted by Crippen LogP contribution is 2.40. The predicted octanol–water partition coefficient (Wildman–Crippen LogP) is 2.32. The summed E-state index contributed by atoms with van der Waals surface area (Å²) in [5.74, 6) is 0.772. The maximum absolute atomic E-state index is 12.5. The molecule has 0 bridgehead atoms. The first-order valence-corrected chi connectivity index (χ1v) is 8.74. The molecule has 0 radical (unpaired) electrons. The Bertz CT molecular complexity index is 396. The van der Waals surface area contributed by atoms with Crippen LogP contribution in [-0.4, -0.2) is 47.7 Å². The van der Waals surface area contributed by atoms with E-state index in [4.69, 9.17) is 4.74 Å². The molecule has 0 aromatic carbocycles. The molecule has 0 aromatic heterocycles. The average Bonchev–Trinajstić information content (AvgIpc) is 3.02. The largest absolute Gasteiger partial charge is 0.465 e. The molecule has 3 rings (SSSR count). The molecule has 21 heavy (non-hydrogen) atoms. The topological polar surface area (TPSA) is 41.6 Å². The molecule has 4 unspecified atom stereocenters. The van der Waals surface area contributed by atoms with E-state index in [9.17, 15) is 4.79 Å². The second kappa shape index (κ2) is 5.88. The Labute approximate surface area is 128 Å². The zero-order chi connectivity index (χ0) is 15.0. The molecule has 1 saturated heterocycles. The molecule has 0 spiro atoms. The second-order valence-electron chi connectivity index (χ2n) is 7.50. The smallest absolute Gasteiger partial charge is 0.326 e. The van der Waals surface area contributed by atoms with Crippen molar-refractivity contribution in [3.8, 4) is 0 Å². The van der Waals surface area contributed by atoms with Gasteiger partial charge in [-0.25, -0.2) is 0 Å². The van der Waals surface area contributed by atoms with E-state index in [0.717, 1.165) is 25.2 Å². The van der Waals surface area contributed by atoms with Crippen LogP contribution in [0, 0.1) is 5.92 Å². The standard InChI is InChI=1S/C17H30N2O2/c1-4-21-16(20)17(18-14-5-6-14)8-7-15(10-17)19-11-12(2)9-13(19)3/h12-15,18H,4-11H2,1-3H3. The van der Waals surface area contributed by atoms with Crippen LogP contribution in [0.1, 0.15) is 59.3 Å². The first-order chi connectivity index (χ1) is 10.0. The van der Waals surface area contributed by atoms with Gasteiger partial charge in [0.25, 0.3) is 0 Å². The molecule has 3 fully saturated rings. The van der Waals surface area contributed by atoms with Gasteiger partial charge in [0.05, 0.1) is 6.61 Å². The van der Waals surface area contributed by atoms with Crippen LogP contribution in [0.3, 0.4) is 0 Å². The van der Waals surface area contributed by atoms with E-state index in [-0.39, 0.29) is 5.97 Å². The van der Waals surface area contributed by atoms with Gasteiger partial charge < -0.3 is 4.74 Å². The van der Waals surface area contributed by atoms with Gasteiger partial charge in [0.15, 0.2) is 0 Å². The van der Waals surface area contributed by atoms with Crippen LogP contribution in [0.5, 0.6) is 0 Å². The lowest BCUT2D eigenvalue weighted by Gasteiger charge is -2.32. The van der Waals surface area contributed by atoms with Crippen molar-refractivity contribution in [3.63, 3.8) is 0 Å². The van der Waals surface area contributed by atoms with Crippen molar-refractivity contribution < 1.29 is 9.53 Å². The molecule has 2 saturated carbocycles. The first-order valence-electron chi connectivity index (χ1n) is 8.74. The minimum absolute atomic E-state index is 0.0145. The fourth-order valence-electron chi connectivity index (χ4n) is 4.41. The van der Waals surface area contributed by atoms with Crippen LogP contribution in [0.15, 0.2) is 0 Å². The van der Waals surface area contributed by atoms with Crippen molar-refractivity contribution in [1.82, 2.24) is 10.2 Å². The van der Waals surface area contributed by atoms with E-state index in [2.05, 4.69) is 24.1 Å². The second-order valence-corrected chi connectivity index (χ2v) is 7.50. The highest BCUT2D eigenvalue weighted by atomic mass is 16.5. The van der Waals surface area contributed by atoms with Gasteiger partial charge >= 0.3 is 5.97 Å². The number of rotatable bonds is 5. The minimum atomic E-state index is -0.409. The SMILES string of the molecule is CCOC(=O)C1(NC2CC2)CCC(N2CC(C)CC2C)C1. The Morgan fingerprint density at radius 2 is 2.10 bits per heavy atom. The van der Waals surface area contributed by atoms with Crippen LogP contribution >= 0.6 is 0 Å². The van der Waals surface area contributed by atoms with Crippen LogP contribution in [0.4, 0.5) is 0 Å². The van der Waals surface area contributed by atoms with E-state index in [0.29, 0.717) is 24.7 Å². The van der Waals surface area contributed by atoms with Gasteiger partial charge in [-0.2, -0.15) is 0 Å². The number of ether oxygens (including phenoxy) is 1. The lowest BCUT2D eigenvalue weighted by Crippen LogP contribution is -2.53. The van der Waals surface area contributed by atoms with Gasteiger partial charge in [-0.1, -0.05) is 6.92 Å². The molecular weight excluding hydrogens is 264 g/mol. The van der Waals surface area contributed by atoms with E-state index in [1.807, 2.05) is 6.92 Å². The van der Waals surface area contributed by atoms with E-state index in [1.54, 1.807) is 0 Å². The highest BCUT2D eigenvalue weighted by Gasteiger charge is 2.51. The van der Waals surface area contributed by atoms with Crippen molar-refractivity contribution in [2.45, 2.75) is 83.0 Å². The van der Waals surface area contributed by atoms with Gasteiger partial charge in [-0.05, 0) is 58.3 Å². The third-order valence-corrected chi connectivity index (χ3v) is 5.51. The Morgan fingerprint density at radius 1 is 1.33 bits per heavy atom. The lowest BCUT2D eigenvalue weighted by atomic mass is 9.96. The Hall–Kier alpha value is -0.610. The minimum Gasteiger partial charge on any atom is -0.465 e. The van der Waals surface area contributed by atoms with Crippen LogP contribution in [0.2, 0.25) is 0 Å². The number of likely N-dealkylation sites (tertiary alicyclic amines) is 1. The zero-order valence-corrected chi connectivity index (χ0v) is 13.7. The van der Waals surface area contributed by atoms with Crippen molar-refractivity contribution in [3.05, 3.63) is 0 Å². The fourth-order valence-corrected chi connectivity index (χ4v) is 4.41. The average molecular weight is 294 g/mol. The molecule has 1 aliphatic heterocycles. The maximum Gasteiger partial charge on any atom is 0.326 e. The van der Waals surface area contributed by atoms with Crippen molar-refractivity contribution >= 4 is 5.97 Å². The molecule has 4 nitrogen and oxygen atoms in total. The summed E-state index contributed by atoms with van der Waals surface area (Å²) >= 11 is 0. The number of carbonyl (C=O) groups excluding carboxylic acids is 1. The van der Waals surface area contributed by atoms with Gasteiger partial charge in [0.2, 0.25) is 0 Å². The summed E-state index contributed by atoms with van der Waals surface area (Å²) < 4.78 is 5.40. The van der Waals surface area contributed by atoms with Crippen LogP contribution in [0.25, 0.3) is 0 Å². The van der Waals surface area contributed by atoms with Crippen LogP contribution < -0.4 is 5.32 Å². The molecular formula is C17H30N2O2. The fraction of sp³-hybridized carbons (Fsp3) is 0.941. The molecule has 0 aromatic rings. The van der Waals surface area contributed by atoms with Crippen molar-refractivity contribution in [2.75, 3.05) is 13.2 Å². The summed E-state index contributed by atoms with van der Waals surface area (Å²) in [6.07, 6.45) is 6.70. The monoisotopic (exact) mass is 294 g/mol. The summed E-state index contributed by atoms with van der Waals surface area (Å²) in [5.41, 5.74) is -0.409. The highest BCUT2D eigenvalue weighted by molar-refractivity contribution is 5.81. The quantitative estimate of drug-likeness (QED) is 0.790. The molecule has 4 atom stereocenters. The van der Waals surface area contributed by atoms with Gasteiger partial charge in [0.1, 0.15) is 5.54 Å². The summed E-state index contributed by atoms with van der Waals surface area (Å²) in [4.78, 5) is 15.2. The Balaban J connectivity index is 1.69. The molecule has 0 amide bonds. The lowest BCUT2D eigenvalue weighted by molar-refractivity contribution is -0.151. The Kier molecular flexibility index (Phi) is 4.28. The first kappa shape index (κ1) is 15.3. The molecule has 3 aliphatic rings. The summed E-state index contributed by atoms with van der Waals surface area (Å²) in [6.45, 7) is 8.25. The number of hydrogen-bond donors (Lipinski definition) is 1. The van der Waals surface area contributed by atoms with E-state index in [1.165, 1.54) is 25.8 Å². The maximum atomic E-state index is 12.5. The zero-order valence-electron chi connectivity index (χ0n) is 13.7. The van der Waals surface area contributed by atoms with Gasteiger partial charge in [-0.3, -0.25) is 15.0 Å². The summed E-state index contributed by atoms with van der Waals surface area (Å²) in [7, 11) is 0. The van der Waals surface area contributed by atoms with Crippen molar-refractivity contribution in [1.29, 1.82) is 0 Å². The molecule has 1 heterocycles. The molecule has 120 valence electrons. The molecule has 1 N–H and O–H groups in total. The number of carbonyl (C=O) groups is 1. The Morgan fingerprint density at radius 3 is 2.67 bits per heavy atom. The summed E-state index contributed by atoms with van der Waals surface area (Å²) in [5, 5.41) is 3.63. The number of esters is 1. The molecule has 4 heteroatoms. The summed E-state index contributed by atoms with van der Waals surface area (Å²) in [6, 6.07) is 1.74. The van der Waals surface area contributed by atoms with E-state index >= 15 is 0 Å². The number of hydrogen-bond acceptors (Lipinski definition) is 4. The third-order valence-electron chi connectivity index (χ3n) is 5.51. The third kappa shape index (κ3) is 3.11. The number of nitrogens with one attached hydrogen (secondary N) is 1. The van der Waals surface area contributed by atoms with E-state index < -0.39 is 5.54 Å². The van der Waals surface area contributed by atoms with Gasteiger partial charge in [-0.15, -0.1) is 0 Å². The predicted molar refractivity (Wildman–Crippen MR) is 83.1 cm³/mol. The van der Waals surface area contributed by atoms with Crippen LogP contribution in [-0.2, 0) is 9.53 Å². The van der Waals surface area contributed by atoms with Gasteiger partial charge in [0, 0.05) is 24.7 Å². The normalized spacial score (nSPS) is 40.6. The molecule has 2 aliphatic carbocycles.